The Balaban J connectivity index is 1.61. The molecule has 0 aliphatic carbocycles. The van der Waals surface area contributed by atoms with Gasteiger partial charge in [0.25, 0.3) is 5.91 Å². The second-order valence-corrected chi connectivity index (χ2v) is 6.33. The van der Waals surface area contributed by atoms with Crippen molar-refractivity contribution in [1.29, 1.82) is 0 Å². The molecule has 0 bridgehead atoms. The van der Waals surface area contributed by atoms with Crippen molar-refractivity contribution in [2.75, 3.05) is 7.11 Å². The van der Waals surface area contributed by atoms with Gasteiger partial charge in [0.15, 0.2) is 11.5 Å². The first-order valence-corrected chi connectivity index (χ1v) is 8.97. The molecule has 3 aromatic carbocycles. The lowest BCUT2D eigenvalue weighted by molar-refractivity contribution is 0.0955. The van der Waals surface area contributed by atoms with E-state index in [1.807, 2.05) is 42.5 Å². The minimum Gasteiger partial charge on any atom is -0.493 e. The molecule has 0 unspecified atom stereocenters. The molecule has 0 aliphatic heterocycles. The maximum Gasteiger partial charge on any atom is 0.271 e. The van der Waals surface area contributed by atoms with Crippen LogP contribution >= 0.6 is 11.6 Å². The van der Waals surface area contributed by atoms with E-state index in [9.17, 15) is 4.79 Å². The van der Waals surface area contributed by atoms with E-state index in [0.717, 1.165) is 11.1 Å². The molecule has 142 valence electrons. The van der Waals surface area contributed by atoms with Gasteiger partial charge in [0, 0.05) is 10.6 Å². The number of rotatable bonds is 7. The number of nitrogens with zero attached hydrogens (tertiary/aromatic N) is 1. The van der Waals surface area contributed by atoms with Crippen molar-refractivity contribution >= 4 is 23.7 Å². The lowest BCUT2D eigenvalue weighted by Crippen LogP contribution is -2.17. The summed E-state index contributed by atoms with van der Waals surface area (Å²) in [5.74, 6) is 0.903. The Morgan fingerprint density at radius 1 is 1.04 bits per heavy atom. The molecule has 0 heterocycles. The molecular weight excluding hydrogens is 376 g/mol. The number of methoxy groups -OCH3 is 1. The fourth-order valence-corrected chi connectivity index (χ4v) is 2.58. The molecule has 28 heavy (non-hydrogen) atoms. The summed E-state index contributed by atoms with van der Waals surface area (Å²) in [6.07, 6.45) is 1.54. The van der Waals surface area contributed by atoms with E-state index < -0.39 is 0 Å². The number of halogens is 1. The predicted octanol–water partition coefficient (Wildman–Crippen LogP) is 4.69. The highest BCUT2D eigenvalue weighted by Crippen LogP contribution is 2.28. The minimum atomic E-state index is -0.317. The Morgan fingerprint density at radius 3 is 2.50 bits per heavy atom. The van der Waals surface area contributed by atoms with Crippen molar-refractivity contribution < 1.29 is 14.3 Å². The first-order chi connectivity index (χ1) is 13.7. The highest BCUT2D eigenvalue weighted by molar-refractivity contribution is 6.30. The molecule has 1 amide bonds. The molecule has 3 rings (SSSR count). The molecule has 0 fully saturated rings. The van der Waals surface area contributed by atoms with Gasteiger partial charge in [0.2, 0.25) is 0 Å². The number of hydrogen-bond donors (Lipinski definition) is 1. The number of nitrogens with one attached hydrogen (secondary N) is 1. The van der Waals surface area contributed by atoms with Crippen molar-refractivity contribution in [1.82, 2.24) is 5.43 Å². The van der Waals surface area contributed by atoms with Gasteiger partial charge in [-0.1, -0.05) is 41.9 Å². The molecule has 5 nitrogen and oxygen atoms in total. The quantitative estimate of drug-likeness (QED) is 0.467. The molecule has 0 aliphatic rings. The number of carbonyl (C=O) groups is 1. The number of benzene rings is 3. The van der Waals surface area contributed by atoms with Crippen molar-refractivity contribution in [2.24, 2.45) is 5.10 Å². The highest BCUT2D eigenvalue weighted by atomic mass is 35.5. The Labute approximate surface area is 168 Å². The normalized spacial score (nSPS) is 10.6. The second-order valence-electron chi connectivity index (χ2n) is 5.89. The van der Waals surface area contributed by atoms with Crippen LogP contribution in [0, 0.1) is 0 Å². The summed E-state index contributed by atoms with van der Waals surface area (Å²) >= 11 is 5.82. The average Bonchev–Trinajstić information content (AvgIpc) is 2.73. The summed E-state index contributed by atoms with van der Waals surface area (Å²) in [4.78, 5) is 12.0. The average molecular weight is 395 g/mol. The van der Waals surface area contributed by atoms with E-state index in [-0.39, 0.29) is 5.91 Å². The molecule has 1 N–H and O–H groups in total. The zero-order valence-electron chi connectivity index (χ0n) is 15.3. The molecular formula is C22H19ClN2O3. The first-order valence-electron chi connectivity index (χ1n) is 8.59. The maximum atomic E-state index is 12.0. The van der Waals surface area contributed by atoms with Gasteiger partial charge in [-0.3, -0.25) is 4.79 Å². The third-order valence-electron chi connectivity index (χ3n) is 3.91. The number of hydrazone groups is 1. The molecule has 6 heteroatoms. The van der Waals surface area contributed by atoms with Crippen molar-refractivity contribution in [3.63, 3.8) is 0 Å². The standard InChI is InChI=1S/C22H19ClN2O3/c1-27-21-13-17(7-12-20(21)28-15-16-5-3-2-4-6-16)14-24-25-22(26)18-8-10-19(23)11-9-18/h2-14H,15H2,1H3,(H,25,26). The molecule has 0 atom stereocenters. The van der Waals surface area contributed by atoms with Gasteiger partial charge in [-0.25, -0.2) is 5.43 Å². The number of carbonyl (C=O) groups excluding carboxylic acids is 1. The molecule has 0 saturated heterocycles. The van der Waals surface area contributed by atoms with Crippen LogP contribution in [-0.2, 0) is 6.61 Å². The van der Waals surface area contributed by atoms with Crippen LogP contribution in [0.1, 0.15) is 21.5 Å². The van der Waals surface area contributed by atoms with Gasteiger partial charge < -0.3 is 9.47 Å². The number of amides is 1. The van der Waals surface area contributed by atoms with Crippen LogP contribution in [-0.4, -0.2) is 19.2 Å². The number of ether oxygens (including phenoxy) is 2. The Kier molecular flexibility index (Phi) is 6.65. The van der Waals surface area contributed by atoms with E-state index in [1.54, 1.807) is 37.4 Å². The Morgan fingerprint density at radius 2 is 1.79 bits per heavy atom. The lowest BCUT2D eigenvalue weighted by Gasteiger charge is -2.11. The van der Waals surface area contributed by atoms with Crippen molar-refractivity contribution in [3.8, 4) is 11.5 Å². The van der Waals surface area contributed by atoms with Crippen LogP contribution in [0.2, 0.25) is 5.02 Å². The molecule has 0 spiro atoms. The van der Waals surface area contributed by atoms with E-state index in [4.69, 9.17) is 21.1 Å². The van der Waals surface area contributed by atoms with Crippen LogP contribution in [0.4, 0.5) is 0 Å². The van der Waals surface area contributed by atoms with E-state index >= 15 is 0 Å². The zero-order chi connectivity index (χ0) is 19.8. The van der Waals surface area contributed by atoms with Crippen LogP contribution in [0.3, 0.4) is 0 Å². The summed E-state index contributed by atoms with van der Waals surface area (Å²) in [6.45, 7) is 0.446. The second kappa shape index (κ2) is 9.58. The summed E-state index contributed by atoms with van der Waals surface area (Å²) in [5, 5.41) is 4.56. The third kappa shape index (κ3) is 5.34. The molecule has 3 aromatic rings. The van der Waals surface area contributed by atoms with Crippen LogP contribution < -0.4 is 14.9 Å². The van der Waals surface area contributed by atoms with E-state index in [2.05, 4.69) is 10.5 Å². The summed E-state index contributed by atoms with van der Waals surface area (Å²) in [7, 11) is 1.58. The zero-order valence-corrected chi connectivity index (χ0v) is 16.0. The summed E-state index contributed by atoms with van der Waals surface area (Å²) in [6, 6.07) is 21.9. The van der Waals surface area contributed by atoms with Gasteiger partial charge in [0.1, 0.15) is 6.61 Å². The highest BCUT2D eigenvalue weighted by Gasteiger charge is 2.06. The lowest BCUT2D eigenvalue weighted by atomic mass is 10.2. The van der Waals surface area contributed by atoms with E-state index in [0.29, 0.717) is 28.7 Å². The Bertz CT molecular complexity index is 957. The van der Waals surface area contributed by atoms with Crippen LogP contribution in [0.25, 0.3) is 0 Å². The van der Waals surface area contributed by atoms with Gasteiger partial charge in [-0.2, -0.15) is 5.10 Å². The fourth-order valence-electron chi connectivity index (χ4n) is 2.45. The summed E-state index contributed by atoms with van der Waals surface area (Å²) < 4.78 is 11.2. The topological polar surface area (TPSA) is 59.9 Å². The van der Waals surface area contributed by atoms with Gasteiger partial charge in [0.05, 0.1) is 13.3 Å². The monoisotopic (exact) mass is 394 g/mol. The fraction of sp³-hybridized carbons (Fsp3) is 0.0909. The molecule has 0 radical (unpaired) electrons. The Hall–Kier alpha value is -3.31. The number of hydrogen-bond acceptors (Lipinski definition) is 4. The minimum absolute atomic E-state index is 0.317. The third-order valence-corrected chi connectivity index (χ3v) is 4.16. The smallest absolute Gasteiger partial charge is 0.271 e. The predicted molar refractivity (Wildman–Crippen MR) is 110 cm³/mol. The molecule has 0 aromatic heterocycles. The van der Waals surface area contributed by atoms with Gasteiger partial charge in [-0.05, 0) is 53.6 Å². The van der Waals surface area contributed by atoms with E-state index in [1.165, 1.54) is 6.21 Å². The summed E-state index contributed by atoms with van der Waals surface area (Å²) in [5.41, 5.74) is 4.79. The van der Waals surface area contributed by atoms with Gasteiger partial charge >= 0.3 is 0 Å². The van der Waals surface area contributed by atoms with Crippen LogP contribution in [0.5, 0.6) is 11.5 Å². The maximum absolute atomic E-state index is 12.0. The molecule has 0 saturated carbocycles. The van der Waals surface area contributed by atoms with Crippen molar-refractivity contribution in [2.45, 2.75) is 6.61 Å². The van der Waals surface area contributed by atoms with Crippen molar-refractivity contribution in [3.05, 3.63) is 94.5 Å². The first kappa shape index (κ1) is 19.5. The largest absolute Gasteiger partial charge is 0.493 e. The van der Waals surface area contributed by atoms with Crippen LogP contribution in [0.15, 0.2) is 77.9 Å². The SMILES string of the molecule is COc1cc(C=NNC(=O)c2ccc(Cl)cc2)ccc1OCc1ccccc1. The van der Waals surface area contributed by atoms with Gasteiger partial charge in [-0.15, -0.1) is 0 Å².